The van der Waals surface area contributed by atoms with Crippen LogP contribution >= 0.6 is 0 Å². The molecule has 2 aromatic carbocycles. The molecule has 0 fully saturated rings. The second-order valence-electron chi connectivity index (χ2n) is 5.04. The Hall–Kier alpha value is -3.01. The van der Waals surface area contributed by atoms with Crippen molar-refractivity contribution in [3.63, 3.8) is 0 Å². The van der Waals surface area contributed by atoms with Crippen LogP contribution in [0.15, 0.2) is 72.1 Å². The summed E-state index contributed by atoms with van der Waals surface area (Å²) in [5, 5.41) is 0. The number of aromatic nitrogens is 2. The van der Waals surface area contributed by atoms with Crippen molar-refractivity contribution in [1.29, 1.82) is 0 Å². The van der Waals surface area contributed by atoms with Crippen LogP contribution in [0, 0.1) is 6.92 Å². The maximum Gasteiger partial charge on any atom is 0.144 e. The maximum atomic E-state index is 5.46. The first-order chi connectivity index (χ1) is 11.3. The molecule has 1 heterocycles. The van der Waals surface area contributed by atoms with E-state index in [1.165, 1.54) is 0 Å². The third-order valence-electron chi connectivity index (χ3n) is 3.50. The standard InChI is InChI=1S/C19H17N3O/c1-14-7-6-10-17(23-2)18(14)22-19(15-8-4-3-5-9-15)16-13-20-11-12-21-16/h3-13H,1-2H3. The molecule has 0 amide bonds. The lowest BCUT2D eigenvalue weighted by Gasteiger charge is -2.11. The smallest absolute Gasteiger partial charge is 0.144 e. The van der Waals surface area contributed by atoms with Crippen LogP contribution < -0.4 is 4.74 Å². The zero-order valence-electron chi connectivity index (χ0n) is 13.1. The molecule has 1 aromatic heterocycles. The van der Waals surface area contributed by atoms with E-state index in [9.17, 15) is 0 Å². The normalized spacial score (nSPS) is 11.3. The van der Waals surface area contributed by atoms with Crippen LogP contribution in [-0.2, 0) is 0 Å². The molecular formula is C19H17N3O. The predicted octanol–water partition coefficient (Wildman–Crippen LogP) is 3.96. The van der Waals surface area contributed by atoms with Gasteiger partial charge in [0, 0.05) is 18.0 Å². The van der Waals surface area contributed by atoms with Gasteiger partial charge < -0.3 is 4.74 Å². The van der Waals surface area contributed by atoms with E-state index in [0.717, 1.165) is 34.0 Å². The van der Waals surface area contributed by atoms with Crippen molar-refractivity contribution in [3.8, 4) is 5.75 Å². The molecule has 0 unspecified atom stereocenters. The van der Waals surface area contributed by atoms with Crippen molar-refractivity contribution < 1.29 is 4.74 Å². The summed E-state index contributed by atoms with van der Waals surface area (Å²) < 4.78 is 5.46. The van der Waals surface area contributed by atoms with Crippen LogP contribution in [0.25, 0.3) is 0 Å². The van der Waals surface area contributed by atoms with Gasteiger partial charge in [-0.2, -0.15) is 0 Å². The highest BCUT2D eigenvalue weighted by molar-refractivity contribution is 6.12. The first-order valence-corrected chi connectivity index (χ1v) is 7.33. The summed E-state index contributed by atoms with van der Waals surface area (Å²) in [4.78, 5) is 13.4. The maximum absolute atomic E-state index is 5.46. The lowest BCUT2D eigenvalue weighted by molar-refractivity contribution is 0.416. The second kappa shape index (κ2) is 6.83. The number of nitrogens with zero attached hydrogens (tertiary/aromatic N) is 3. The summed E-state index contributed by atoms with van der Waals surface area (Å²) in [6.07, 6.45) is 5.04. The topological polar surface area (TPSA) is 47.4 Å². The van der Waals surface area contributed by atoms with Gasteiger partial charge in [-0.3, -0.25) is 9.97 Å². The van der Waals surface area contributed by atoms with Crippen molar-refractivity contribution in [2.75, 3.05) is 7.11 Å². The second-order valence-corrected chi connectivity index (χ2v) is 5.04. The molecule has 4 heteroatoms. The molecule has 0 radical (unpaired) electrons. The number of rotatable bonds is 4. The Morgan fingerprint density at radius 3 is 2.52 bits per heavy atom. The molecule has 0 aliphatic rings. The number of methoxy groups -OCH3 is 1. The van der Waals surface area contributed by atoms with Gasteiger partial charge in [0.15, 0.2) is 0 Å². The average molecular weight is 303 g/mol. The van der Waals surface area contributed by atoms with Crippen molar-refractivity contribution in [2.45, 2.75) is 6.92 Å². The molecule has 0 saturated heterocycles. The van der Waals surface area contributed by atoms with Crippen molar-refractivity contribution in [1.82, 2.24) is 9.97 Å². The summed E-state index contributed by atoms with van der Waals surface area (Å²) in [6, 6.07) is 15.8. The van der Waals surface area contributed by atoms with E-state index < -0.39 is 0 Å². The van der Waals surface area contributed by atoms with Gasteiger partial charge in [-0.05, 0) is 18.6 Å². The largest absolute Gasteiger partial charge is 0.494 e. The van der Waals surface area contributed by atoms with Gasteiger partial charge in [0.2, 0.25) is 0 Å². The van der Waals surface area contributed by atoms with E-state index in [1.54, 1.807) is 25.7 Å². The van der Waals surface area contributed by atoms with Crippen LogP contribution in [0.4, 0.5) is 5.69 Å². The van der Waals surface area contributed by atoms with E-state index >= 15 is 0 Å². The quantitative estimate of drug-likeness (QED) is 0.685. The van der Waals surface area contributed by atoms with Crippen LogP contribution in [0.1, 0.15) is 16.8 Å². The SMILES string of the molecule is COc1cccc(C)c1N=C(c1ccccc1)c1cnccn1. The Balaban J connectivity index is 2.21. The lowest BCUT2D eigenvalue weighted by atomic mass is 10.1. The third-order valence-corrected chi connectivity index (χ3v) is 3.50. The van der Waals surface area contributed by atoms with E-state index in [1.807, 2.05) is 55.5 Å². The molecule has 4 nitrogen and oxygen atoms in total. The molecule has 0 atom stereocenters. The molecule has 0 spiro atoms. The number of benzene rings is 2. The Bertz CT molecular complexity index is 773. The minimum atomic E-state index is 0.726. The molecule has 0 saturated carbocycles. The van der Waals surface area contributed by atoms with Gasteiger partial charge in [0.1, 0.15) is 17.1 Å². The summed E-state index contributed by atoms with van der Waals surface area (Å²) >= 11 is 0. The Labute approximate surface area is 135 Å². The average Bonchev–Trinajstić information content (AvgIpc) is 2.62. The number of hydrogen-bond acceptors (Lipinski definition) is 4. The van der Waals surface area contributed by atoms with Gasteiger partial charge >= 0.3 is 0 Å². The first kappa shape index (κ1) is 14.9. The highest BCUT2D eigenvalue weighted by atomic mass is 16.5. The minimum absolute atomic E-state index is 0.726. The summed E-state index contributed by atoms with van der Waals surface area (Å²) in [6.45, 7) is 2.01. The van der Waals surface area contributed by atoms with Crippen molar-refractivity contribution >= 4 is 11.4 Å². The van der Waals surface area contributed by atoms with Gasteiger partial charge in [-0.25, -0.2) is 4.99 Å². The molecule has 0 aliphatic carbocycles. The zero-order chi connectivity index (χ0) is 16.1. The number of hydrogen-bond donors (Lipinski definition) is 0. The number of para-hydroxylation sites is 1. The fourth-order valence-corrected chi connectivity index (χ4v) is 2.34. The molecular weight excluding hydrogens is 286 g/mol. The first-order valence-electron chi connectivity index (χ1n) is 7.33. The van der Waals surface area contributed by atoms with E-state index in [2.05, 4.69) is 9.97 Å². The van der Waals surface area contributed by atoms with Gasteiger partial charge in [0.25, 0.3) is 0 Å². The van der Waals surface area contributed by atoms with Crippen LogP contribution in [-0.4, -0.2) is 22.8 Å². The van der Waals surface area contributed by atoms with Crippen LogP contribution in [0.2, 0.25) is 0 Å². The highest BCUT2D eigenvalue weighted by Gasteiger charge is 2.12. The van der Waals surface area contributed by atoms with Gasteiger partial charge in [-0.15, -0.1) is 0 Å². The van der Waals surface area contributed by atoms with Crippen molar-refractivity contribution in [3.05, 3.63) is 83.9 Å². The number of aryl methyl sites for hydroxylation is 1. The van der Waals surface area contributed by atoms with Gasteiger partial charge in [0.05, 0.1) is 19.0 Å². The van der Waals surface area contributed by atoms with Crippen LogP contribution in [0.3, 0.4) is 0 Å². The Kier molecular flexibility index (Phi) is 4.43. The third kappa shape index (κ3) is 3.26. The Morgan fingerprint density at radius 2 is 1.83 bits per heavy atom. The molecule has 3 rings (SSSR count). The summed E-state index contributed by atoms with van der Waals surface area (Å²) in [5.41, 5.74) is 4.33. The minimum Gasteiger partial charge on any atom is -0.494 e. The lowest BCUT2D eigenvalue weighted by Crippen LogP contribution is -2.06. The highest BCUT2D eigenvalue weighted by Crippen LogP contribution is 2.32. The number of aliphatic imine (C=N–C) groups is 1. The fourth-order valence-electron chi connectivity index (χ4n) is 2.34. The predicted molar refractivity (Wildman–Crippen MR) is 91.5 cm³/mol. The molecule has 23 heavy (non-hydrogen) atoms. The molecule has 0 bridgehead atoms. The molecule has 0 aliphatic heterocycles. The van der Waals surface area contributed by atoms with Crippen molar-refractivity contribution in [2.24, 2.45) is 4.99 Å². The monoisotopic (exact) mass is 303 g/mol. The zero-order valence-corrected chi connectivity index (χ0v) is 13.1. The fraction of sp³-hybridized carbons (Fsp3) is 0.105. The molecule has 3 aromatic rings. The molecule has 0 N–H and O–H groups in total. The van der Waals surface area contributed by atoms with Crippen LogP contribution in [0.5, 0.6) is 5.75 Å². The van der Waals surface area contributed by atoms with E-state index in [0.29, 0.717) is 0 Å². The molecule has 114 valence electrons. The summed E-state index contributed by atoms with van der Waals surface area (Å²) in [7, 11) is 1.65. The number of ether oxygens (including phenoxy) is 1. The summed E-state index contributed by atoms with van der Waals surface area (Å²) in [5.74, 6) is 0.738. The Morgan fingerprint density at radius 1 is 1.00 bits per heavy atom. The van der Waals surface area contributed by atoms with Gasteiger partial charge in [-0.1, -0.05) is 42.5 Å². The van der Waals surface area contributed by atoms with E-state index in [-0.39, 0.29) is 0 Å². The van der Waals surface area contributed by atoms with E-state index in [4.69, 9.17) is 9.73 Å².